The number of benzene rings is 2. The van der Waals surface area contributed by atoms with Crippen LogP contribution in [0.25, 0.3) is 10.9 Å². The highest BCUT2D eigenvalue weighted by molar-refractivity contribution is 6.27. The van der Waals surface area contributed by atoms with E-state index in [1.807, 2.05) is 54.7 Å². The van der Waals surface area contributed by atoms with Crippen molar-refractivity contribution in [2.75, 3.05) is 12.4 Å². The molecule has 2 N–H and O–H groups in total. The number of hydrogen-bond donors (Lipinski definition) is 2. The number of alkyl halides is 1. The molecule has 3 rings (SSSR count). The average Bonchev–Trinajstić information content (AvgIpc) is 3.03. The Bertz CT molecular complexity index is 815. The molecule has 0 unspecified atom stereocenters. The van der Waals surface area contributed by atoms with Crippen LogP contribution < -0.4 is 10.1 Å². The van der Waals surface area contributed by atoms with E-state index in [9.17, 15) is 4.79 Å². The summed E-state index contributed by atoms with van der Waals surface area (Å²) >= 11 is 5.48. The molecule has 3 aromatic rings. The van der Waals surface area contributed by atoms with Crippen LogP contribution in [0.15, 0.2) is 54.7 Å². The molecule has 124 valence electrons. The van der Waals surface area contributed by atoms with Gasteiger partial charge in [0.2, 0.25) is 5.91 Å². The van der Waals surface area contributed by atoms with E-state index in [-0.39, 0.29) is 11.8 Å². The van der Waals surface area contributed by atoms with Gasteiger partial charge in [-0.25, -0.2) is 0 Å². The first-order valence-corrected chi connectivity index (χ1v) is 8.39. The molecule has 0 aliphatic rings. The lowest BCUT2D eigenvalue weighted by molar-refractivity contribution is -0.118. The third-order valence-corrected chi connectivity index (χ3v) is 4.07. The molecule has 0 fully saturated rings. The number of carbonyl (C=O) groups is 1. The number of fused-ring (bicyclic) bond motifs is 1. The van der Waals surface area contributed by atoms with Crippen molar-refractivity contribution in [1.82, 2.24) is 10.3 Å². The van der Waals surface area contributed by atoms with Crippen molar-refractivity contribution >= 4 is 28.4 Å². The monoisotopic (exact) mass is 342 g/mol. The first kappa shape index (κ1) is 16.4. The number of hydrogen-bond acceptors (Lipinski definition) is 2. The summed E-state index contributed by atoms with van der Waals surface area (Å²) in [5, 5.41) is 3.89. The van der Waals surface area contributed by atoms with Gasteiger partial charge in [0.25, 0.3) is 0 Å². The second-order valence-corrected chi connectivity index (χ2v) is 5.80. The molecule has 1 amide bonds. The van der Waals surface area contributed by atoms with Crippen LogP contribution in [-0.2, 0) is 17.8 Å². The Labute approximate surface area is 145 Å². The van der Waals surface area contributed by atoms with Gasteiger partial charge in [0.1, 0.15) is 18.2 Å². The van der Waals surface area contributed by atoms with E-state index in [1.54, 1.807) is 0 Å². The minimum atomic E-state index is -0.150. The second-order valence-electron chi connectivity index (χ2n) is 5.53. The summed E-state index contributed by atoms with van der Waals surface area (Å²) in [6.45, 7) is 1.10. The number of amides is 1. The van der Waals surface area contributed by atoms with Crippen LogP contribution in [-0.4, -0.2) is 23.3 Å². The fraction of sp³-hybridized carbons (Fsp3) is 0.211. The van der Waals surface area contributed by atoms with E-state index in [0.717, 1.165) is 34.2 Å². The highest BCUT2D eigenvalue weighted by Crippen LogP contribution is 2.24. The molecule has 4 nitrogen and oxygen atoms in total. The highest BCUT2D eigenvalue weighted by atomic mass is 35.5. The van der Waals surface area contributed by atoms with Crippen LogP contribution in [0, 0.1) is 0 Å². The van der Waals surface area contributed by atoms with Gasteiger partial charge in [0.15, 0.2) is 0 Å². The molecule has 0 saturated heterocycles. The van der Waals surface area contributed by atoms with Crippen LogP contribution in [0.1, 0.15) is 11.1 Å². The highest BCUT2D eigenvalue weighted by Gasteiger charge is 2.06. The Morgan fingerprint density at radius 3 is 2.79 bits per heavy atom. The summed E-state index contributed by atoms with van der Waals surface area (Å²) < 4.78 is 5.88. The lowest BCUT2D eigenvalue weighted by Gasteiger charge is -2.07. The number of ether oxygens (including phenoxy) is 1. The van der Waals surface area contributed by atoms with E-state index < -0.39 is 0 Å². The van der Waals surface area contributed by atoms with Crippen molar-refractivity contribution in [3.8, 4) is 5.75 Å². The molecule has 5 heteroatoms. The fourth-order valence-electron chi connectivity index (χ4n) is 2.58. The number of carbonyl (C=O) groups excluding carboxylic acids is 1. The topological polar surface area (TPSA) is 54.1 Å². The largest absolute Gasteiger partial charge is 0.489 e. The summed E-state index contributed by atoms with van der Waals surface area (Å²) in [5.74, 6) is 0.672. The van der Waals surface area contributed by atoms with Gasteiger partial charge in [-0.2, -0.15) is 0 Å². The van der Waals surface area contributed by atoms with Gasteiger partial charge in [-0.3, -0.25) is 4.79 Å². The Morgan fingerprint density at radius 1 is 1.17 bits per heavy atom. The molecule has 0 saturated carbocycles. The summed E-state index contributed by atoms with van der Waals surface area (Å²) in [6, 6.07) is 16.1. The van der Waals surface area contributed by atoms with Gasteiger partial charge >= 0.3 is 0 Å². The maximum atomic E-state index is 11.2. The van der Waals surface area contributed by atoms with Gasteiger partial charge in [-0.15, -0.1) is 11.6 Å². The SMILES string of the molecule is O=C(CCl)NCCc1c[nH]c2ccc(OCc3ccccc3)cc12. The molecule has 0 atom stereocenters. The number of aromatic amines is 1. The molecule has 0 aliphatic carbocycles. The van der Waals surface area contributed by atoms with Crippen molar-refractivity contribution in [3.05, 3.63) is 65.9 Å². The number of rotatable bonds is 7. The molecule has 0 bridgehead atoms. The zero-order valence-corrected chi connectivity index (χ0v) is 14.0. The van der Waals surface area contributed by atoms with Crippen molar-refractivity contribution in [2.24, 2.45) is 0 Å². The maximum Gasteiger partial charge on any atom is 0.234 e. The number of halogens is 1. The van der Waals surface area contributed by atoms with Crippen LogP contribution in [0.3, 0.4) is 0 Å². The van der Waals surface area contributed by atoms with Gasteiger partial charge in [-0.05, 0) is 35.7 Å². The van der Waals surface area contributed by atoms with Crippen LogP contribution in [0.5, 0.6) is 5.75 Å². The zero-order valence-electron chi connectivity index (χ0n) is 13.2. The van der Waals surface area contributed by atoms with Crippen LogP contribution in [0.2, 0.25) is 0 Å². The van der Waals surface area contributed by atoms with Crippen molar-refractivity contribution < 1.29 is 9.53 Å². The number of nitrogens with one attached hydrogen (secondary N) is 2. The second kappa shape index (κ2) is 7.88. The molecule has 24 heavy (non-hydrogen) atoms. The van der Waals surface area contributed by atoms with Crippen LogP contribution in [0.4, 0.5) is 0 Å². The lowest BCUT2D eigenvalue weighted by atomic mass is 10.1. The summed E-state index contributed by atoms with van der Waals surface area (Å²) in [4.78, 5) is 14.5. The van der Waals surface area contributed by atoms with Gasteiger partial charge in [0.05, 0.1) is 0 Å². The third-order valence-electron chi connectivity index (χ3n) is 3.83. The Balaban J connectivity index is 1.67. The van der Waals surface area contributed by atoms with E-state index in [1.165, 1.54) is 0 Å². The minimum absolute atomic E-state index is 0.00857. The third kappa shape index (κ3) is 4.09. The average molecular weight is 343 g/mol. The molecule has 1 heterocycles. The zero-order chi connectivity index (χ0) is 16.8. The van der Waals surface area contributed by atoms with Crippen LogP contribution >= 0.6 is 11.6 Å². The van der Waals surface area contributed by atoms with Crippen molar-refractivity contribution in [1.29, 1.82) is 0 Å². The number of H-pyrrole nitrogens is 1. The first-order chi connectivity index (χ1) is 11.8. The first-order valence-electron chi connectivity index (χ1n) is 7.85. The molecule has 0 radical (unpaired) electrons. The Hall–Kier alpha value is -2.46. The molecular formula is C19H19ClN2O2. The Kier molecular flexibility index (Phi) is 5.39. The molecule has 0 aliphatic heterocycles. The normalized spacial score (nSPS) is 10.7. The fourth-order valence-corrected chi connectivity index (χ4v) is 2.67. The van der Waals surface area contributed by atoms with Gasteiger partial charge in [0, 0.05) is 23.6 Å². The van der Waals surface area contributed by atoms with E-state index in [2.05, 4.69) is 10.3 Å². The predicted octanol–water partition coefficient (Wildman–Crippen LogP) is 3.64. The molecule has 1 aromatic heterocycles. The summed E-state index contributed by atoms with van der Waals surface area (Å²) in [6.07, 6.45) is 2.71. The predicted molar refractivity (Wildman–Crippen MR) is 96.5 cm³/mol. The molecule has 0 spiro atoms. The summed E-state index contributed by atoms with van der Waals surface area (Å²) in [7, 11) is 0. The number of aromatic nitrogens is 1. The summed E-state index contributed by atoms with van der Waals surface area (Å²) in [5.41, 5.74) is 3.33. The standard InChI is InChI=1S/C19H19ClN2O2/c20-11-19(23)21-9-8-15-12-22-18-7-6-16(10-17(15)18)24-13-14-4-2-1-3-5-14/h1-7,10,12,22H,8-9,11,13H2,(H,21,23). The molecule has 2 aromatic carbocycles. The molecular weight excluding hydrogens is 324 g/mol. The quantitative estimate of drug-likeness (QED) is 0.644. The van der Waals surface area contributed by atoms with Gasteiger partial charge < -0.3 is 15.0 Å². The van der Waals surface area contributed by atoms with E-state index in [0.29, 0.717) is 13.2 Å². The minimum Gasteiger partial charge on any atom is -0.489 e. The lowest BCUT2D eigenvalue weighted by Crippen LogP contribution is -2.26. The van der Waals surface area contributed by atoms with Gasteiger partial charge in [-0.1, -0.05) is 30.3 Å². The van der Waals surface area contributed by atoms with E-state index >= 15 is 0 Å². The van der Waals surface area contributed by atoms with Crippen molar-refractivity contribution in [2.45, 2.75) is 13.0 Å². The smallest absolute Gasteiger partial charge is 0.234 e. The maximum absolute atomic E-state index is 11.2. The Morgan fingerprint density at radius 2 is 2.00 bits per heavy atom. The van der Waals surface area contributed by atoms with Crippen molar-refractivity contribution in [3.63, 3.8) is 0 Å². The van der Waals surface area contributed by atoms with E-state index in [4.69, 9.17) is 16.3 Å².